The molecule has 0 spiro atoms. The second-order valence-corrected chi connectivity index (χ2v) is 4.93. The first-order valence-electron chi connectivity index (χ1n) is 6.32. The third kappa shape index (κ3) is 3.51. The van der Waals surface area contributed by atoms with Crippen LogP contribution >= 0.6 is 0 Å². The van der Waals surface area contributed by atoms with Crippen molar-refractivity contribution in [1.82, 2.24) is 15.5 Å². The Hall–Kier alpha value is -0.940. The maximum atomic E-state index is 5.58. The van der Waals surface area contributed by atoms with Gasteiger partial charge in [0.05, 0.1) is 0 Å². The van der Waals surface area contributed by atoms with Crippen molar-refractivity contribution in [2.24, 2.45) is 0 Å². The van der Waals surface area contributed by atoms with E-state index in [4.69, 9.17) is 9.26 Å². The van der Waals surface area contributed by atoms with Crippen LogP contribution in [0.15, 0.2) is 4.52 Å². The van der Waals surface area contributed by atoms with Crippen molar-refractivity contribution < 1.29 is 9.26 Å². The fourth-order valence-electron chi connectivity index (χ4n) is 1.70. The number of nitrogens with zero attached hydrogens (tertiary/aromatic N) is 2. The van der Waals surface area contributed by atoms with E-state index < -0.39 is 5.60 Å². The molecule has 2 rings (SSSR count). The van der Waals surface area contributed by atoms with Gasteiger partial charge < -0.3 is 14.6 Å². The first kappa shape index (κ1) is 12.5. The molecule has 0 saturated heterocycles. The van der Waals surface area contributed by atoms with Gasteiger partial charge in [0.1, 0.15) is 5.60 Å². The zero-order valence-electron chi connectivity index (χ0n) is 10.8. The Balaban J connectivity index is 1.85. The Bertz CT molecular complexity index is 358. The summed E-state index contributed by atoms with van der Waals surface area (Å²) >= 11 is 0. The van der Waals surface area contributed by atoms with E-state index in [2.05, 4.69) is 15.5 Å². The van der Waals surface area contributed by atoms with Crippen LogP contribution in [-0.2, 0) is 16.8 Å². The molecule has 0 aliphatic heterocycles. The lowest BCUT2D eigenvalue weighted by Crippen LogP contribution is -2.23. The molecule has 17 heavy (non-hydrogen) atoms. The van der Waals surface area contributed by atoms with Gasteiger partial charge in [0.25, 0.3) is 0 Å². The predicted octanol–water partition coefficient (Wildman–Crippen LogP) is 1.64. The zero-order valence-corrected chi connectivity index (χ0v) is 10.8. The number of nitrogens with one attached hydrogen (secondary N) is 1. The summed E-state index contributed by atoms with van der Waals surface area (Å²) in [6.07, 6.45) is 3.38. The van der Waals surface area contributed by atoms with Crippen molar-refractivity contribution in [1.29, 1.82) is 0 Å². The molecule has 1 aliphatic carbocycles. The number of hydrogen-bond donors (Lipinski definition) is 1. The van der Waals surface area contributed by atoms with Gasteiger partial charge in [-0.1, -0.05) is 5.16 Å². The molecule has 1 saturated carbocycles. The molecule has 1 N–H and O–H groups in total. The van der Waals surface area contributed by atoms with Gasteiger partial charge in [0, 0.05) is 25.6 Å². The Kier molecular flexibility index (Phi) is 3.79. The van der Waals surface area contributed by atoms with Crippen LogP contribution in [0.5, 0.6) is 0 Å². The number of aromatic nitrogens is 2. The minimum atomic E-state index is -0.472. The Morgan fingerprint density at radius 2 is 2.24 bits per heavy atom. The molecule has 0 bridgehead atoms. The lowest BCUT2D eigenvalue weighted by atomic mass is 10.1. The zero-order chi connectivity index (χ0) is 12.3. The Morgan fingerprint density at radius 1 is 1.47 bits per heavy atom. The normalized spacial score (nSPS) is 16.4. The molecule has 0 atom stereocenters. The lowest BCUT2D eigenvalue weighted by Gasteiger charge is -2.19. The Labute approximate surface area is 102 Å². The minimum absolute atomic E-state index is 0.472. The number of hydrogen-bond acceptors (Lipinski definition) is 5. The van der Waals surface area contributed by atoms with E-state index in [1.807, 2.05) is 20.8 Å². The quantitative estimate of drug-likeness (QED) is 0.783. The average Bonchev–Trinajstić information content (AvgIpc) is 2.94. The third-order valence-electron chi connectivity index (χ3n) is 2.86. The molecule has 1 aromatic rings. The van der Waals surface area contributed by atoms with Crippen molar-refractivity contribution in [2.45, 2.75) is 51.7 Å². The second kappa shape index (κ2) is 5.14. The largest absolute Gasteiger partial charge is 0.368 e. The van der Waals surface area contributed by atoms with Crippen LogP contribution in [0.1, 0.15) is 45.3 Å². The second-order valence-electron chi connectivity index (χ2n) is 4.93. The van der Waals surface area contributed by atoms with Crippen molar-refractivity contribution >= 4 is 0 Å². The highest BCUT2D eigenvalue weighted by atomic mass is 16.5. The molecule has 1 fully saturated rings. The fraction of sp³-hybridized carbons (Fsp3) is 0.833. The molecular formula is C12H21N3O2. The molecule has 0 unspecified atom stereocenters. The molecule has 5 heteroatoms. The SMILES string of the molecule is CCOC(C)(C)c1noc(CCNC2CC2)n1. The third-order valence-corrected chi connectivity index (χ3v) is 2.86. The van der Waals surface area contributed by atoms with Crippen LogP contribution in [-0.4, -0.2) is 29.3 Å². The molecule has 0 aromatic carbocycles. The summed E-state index contributed by atoms with van der Waals surface area (Å²) in [7, 11) is 0. The van der Waals surface area contributed by atoms with Gasteiger partial charge in [0.15, 0.2) is 0 Å². The molecule has 5 nitrogen and oxygen atoms in total. The maximum Gasteiger partial charge on any atom is 0.228 e. The van der Waals surface area contributed by atoms with Crippen molar-refractivity contribution in [3.05, 3.63) is 11.7 Å². The van der Waals surface area contributed by atoms with Gasteiger partial charge in [-0.3, -0.25) is 0 Å². The first-order chi connectivity index (χ1) is 8.12. The predicted molar refractivity (Wildman–Crippen MR) is 63.7 cm³/mol. The topological polar surface area (TPSA) is 60.2 Å². The molecule has 0 amide bonds. The van der Waals surface area contributed by atoms with Crippen LogP contribution in [0.2, 0.25) is 0 Å². The Morgan fingerprint density at radius 3 is 2.88 bits per heavy atom. The highest BCUT2D eigenvalue weighted by Crippen LogP contribution is 2.21. The molecular weight excluding hydrogens is 218 g/mol. The summed E-state index contributed by atoms with van der Waals surface area (Å²) in [5, 5.41) is 7.40. The van der Waals surface area contributed by atoms with E-state index in [1.54, 1.807) is 0 Å². The summed E-state index contributed by atoms with van der Waals surface area (Å²) in [5.41, 5.74) is -0.472. The van der Waals surface area contributed by atoms with Gasteiger partial charge in [-0.15, -0.1) is 0 Å². The maximum absolute atomic E-state index is 5.58. The van der Waals surface area contributed by atoms with Crippen LogP contribution < -0.4 is 5.32 Å². The van der Waals surface area contributed by atoms with Crippen molar-refractivity contribution in [3.63, 3.8) is 0 Å². The van der Waals surface area contributed by atoms with Crippen molar-refractivity contribution in [2.75, 3.05) is 13.2 Å². The van der Waals surface area contributed by atoms with E-state index in [-0.39, 0.29) is 0 Å². The molecule has 1 aromatic heterocycles. The van der Waals surface area contributed by atoms with Crippen LogP contribution in [0, 0.1) is 0 Å². The van der Waals surface area contributed by atoms with E-state index >= 15 is 0 Å². The smallest absolute Gasteiger partial charge is 0.228 e. The summed E-state index contributed by atoms with van der Waals surface area (Å²) in [5.74, 6) is 1.31. The van der Waals surface area contributed by atoms with E-state index in [9.17, 15) is 0 Å². The lowest BCUT2D eigenvalue weighted by molar-refractivity contribution is -0.0221. The number of rotatable bonds is 7. The van der Waals surface area contributed by atoms with Gasteiger partial charge in [-0.05, 0) is 33.6 Å². The monoisotopic (exact) mass is 239 g/mol. The molecule has 1 heterocycles. The standard InChI is InChI=1S/C12H21N3O2/c1-4-16-12(2,3)11-14-10(17-15-11)7-8-13-9-5-6-9/h9,13H,4-8H2,1-3H3. The summed E-state index contributed by atoms with van der Waals surface area (Å²) < 4.78 is 10.8. The average molecular weight is 239 g/mol. The highest BCUT2D eigenvalue weighted by molar-refractivity contribution is 4.97. The summed E-state index contributed by atoms with van der Waals surface area (Å²) in [6, 6.07) is 0.720. The molecule has 1 aliphatic rings. The van der Waals surface area contributed by atoms with E-state index in [0.29, 0.717) is 18.3 Å². The van der Waals surface area contributed by atoms with Crippen molar-refractivity contribution in [3.8, 4) is 0 Å². The summed E-state index contributed by atoms with van der Waals surface area (Å²) in [6.45, 7) is 7.41. The van der Waals surface area contributed by atoms with E-state index in [1.165, 1.54) is 12.8 Å². The first-order valence-corrected chi connectivity index (χ1v) is 6.32. The molecule has 96 valence electrons. The van der Waals surface area contributed by atoms with Gasteiger partial charge in [-0.2, -0.15) is 4.98 Å². The van der Waals surface area contributed by atoms with Gasteiger partial charge >= 0.3 is 0 Å². The highest BCUT2D eigenvalue weighted by Gasteiger charge is 2.27. The van der Waals surface area contributed by atoms with Gasteiger partial charge in [-0.25, -0.2) is 0 Å². The van der Waals surface area contributed by atoms with Gasteiger partial charge in [0.2, 0.25) is 11.7 Å². The van der Waals surface area contributed by atoms with E-state index in [0.717, 1.165) is 19.0 Å². The van der Waals surface area contributed by atoms with Crippen LogP contribution in [0.25, 0.3) is 0 Å². The molecule has 0 radical (unpaired) electrons. The summed E-state index contributed by atoms with van der Waals surface area (Å²) in [4.78, 5) is 4.38. The fourth-order valence-corrected chi connectivity index (χ4v) is 1.70. The van der Waals surface area contributed by atoms with Crippen LogP contribution in [0.4, 0.5) is 0 Å². The number of ether oxygens (including phenoxy) is 1. The minimum Gasteiger partial charge on any atom is -0.368 e. The van der Waals surface area contributed by atoms with Crippen LogP contribution in [0.3, 0.4) is 0 Å².